The fourth-order valence-corrected chi connectivity index (χ4v) is 2.86. The molecule has 2 rings (SSSR count). The lowest BCUT2D eigenvalue weighted by Crippen LogP contribution is -2.38. The molecule has 1 saturated carbocycles. The highest BCUT2D eigenvalue weighted by Gasteiger charge is 2.26. The van der Waals surface area contributed by atoms with Crippen LogP contribution in [0, 0.1) is 5.92 Å². The Balaban J connectivity index is 1.76. The summed E-state index contributed by atoms with van der Waals surface area (Å²) in [6.07, 6.45) is 7.36. The first kappa shape index (κ1) is 12.1. The van der Waals surface area contributed by atoms with Crippen molar-refractivity contribution >= 4 is 0 Å². The Hall–Kier alpha value is -0.380. The normalized spacial score (nSPS) is 31.8. The summed E-state index contributed by atoms with van der Waals surface area (Å²) in [5, 5.41) is 0. The fraction of sp³-hybridized carbons (Fsp3) is 0.846. The molecule has 2 unspecified atom stereocenters. The van der Waals surface area contributed by atoms with Gasteiger partial charge in [-0.25, -0.2) is 0 Å². The molecule has 0 aromatic rings. The average molecular weight is 224 g/mol. The number of nitrogens with two attached hydrogens (primary N) is 1. The van der Waals surface area contributed by atoms with Crippen LogP contribution in [0.3, 0.4) is 0 Å². The Morgan fingerprint density at radius 1 is 1.50 bits per heavy atom. The van der Waals surface area contributed by atoms with E-state index in [-0.39, 0.29) is 0 Å². The van der Waals surface area contributed by atoms with Crippen molar-refractivity contribution in [2.45, 2.75) is 31.7 Å². The summed E-state index contributed by atoms with van der Waals surface area (Å²) in [5.74, 6) is 0.734. The number of hydrogen-bond acceptors (Lipinski definition) is 3. The van der Waals surface area contributed by atoms with E-state index in [1.54, 1.807) is 7.11 Å². The predicted molar refractivity (Wildman–Crippen MR) is 66.3 cm³/mol. The molecule has 1 aliphatic carbocycles. The largest absolute Gasteiger partial charge is 0.380 e. The van der Waals surface area contributed by atoms with Crippen LogP contribution >= 0.6 is 0 Å². The van der Waals surface area contributed by atoms with Crippen molar-refractivity contribution in [3.63, 3.8) is 0 Å². The van der Waals surface area contributed by atoms with Crippen molar-refractivity contribution in [2.24, 2.45) is 11.7 Å². The minimum Gasteiger partial charge on any atom is -0.380 e. The third-order valence-corrected chi connectivity index (χ3v) is 3.93. The van der Waals surface area contributed by atoms with Crippen molar-refractivity contribution < 1.29 is 4.74 Å². The van der Waals surface area contributed by atoms with Crippen LogP contribution in [0.5, 0.6) is 0 Å². The highest BCUT2D eigenvalue weighted by Crippen LogP contribution is 2.25. The molecule has 0 aromatic carbocycles. The highest BCUT2D eigenvalue weighted by atomic mass is 16.5. The molecule has 1 heterocycles. The molecule has 2 N–H and O–H groups in total. The molecule has 0 radical (unpaired) electrons. The number of methoxy groups -OCH3 is 1. The standard InChI is InChI=1S/C13H24N2O/c1-16-10-11-5-7-15(8-6-11)9-12-3-2-4-13(12)14/h5,12-13H,2-4,6-10,14H2,1H3. The SMILES string of the molecule is COCC1=CCN(CC2CCCC2N)CC1. The predicted octanol–water partition coefficient (Wildman–Crippen LogP) is 1.39. The summed E-state index contributed by atoms with van der Waals surface area (Å²) in [5.41, 5.74) is 7.56. The van der Waals surface area contributed by atoms with Crippen molar-refractivity contribution in [2.75, 3.05) is 33.4 Å². The third kappa shape index (κ3) is 3.06. The van der Waals surface area contributed by atoms with Gasteiger partial charge in [-0.2, -0.15) is 0 Å². The third-order valence-electron chi connectivity index (χ3n) is 3.93. The number of hydrogen-bond donors (Lipinski definition) is 1. The summed E-state index contributed by atoms with van der Waals surface area (Å²) < 4.78 is 5.16. The monoisotopic (exact) mass is 224 g/mol. The molecule has 3 nitrogen and oxygen atoms in total. The van der Waals surface area contributed by atoms with Crippen LogP contribution in [0.2, 0.25) is 0 Å². The average Bonchev–Trinajstić information content (AvgIpc) is 2.68. The van der Waals surface area contributed by atoms with E-state index in [9.17, 15) is 0 Å². The van der Waals surface area contributed by atoms with Gasteiger partial charge in [-0.3, -0.25) is 4.90 Å². The molecule has 1 fully saturated rings. The maximum atomic E-state index is 6.11. The first-order valence-corrected chi connectivity index (χ1v) is 6.44. The van der Waals surface area contributed by atoms with Gasteiger partial charge in [-0.15, -0.1) is 0 Å². The molecule has 1 aliphatic heterocycles. The summed E-state index contributed by atoms with van der Waals surface area (Å²) in [6.45, 7) is 4.26. The Morgan fingerprint density at radius 3 is 2.94 bits per heavy atom. The molecule has 0 bridgehead atoms. The molecule has 16 heavy (non-hydrogen) atoms. The topological polar surface area (TPSA) is 38.5 Å². The van der Waals surface area contributed by atoms with Gasteiger partial charge in [0.15, 0.2) is 0 Å². The summed E-state index contributed by atoms with van der Waals surface area (Å²) in [4.78, 5) is 2.54. The van der Waals surface area contributed by atoms with Crippen LogP contribution in [0.1, 0.15) is 25.7 Å². The molecule has 0 amide bonds. The second-order valence-corrected chi connectivity index (χ2v) is 5.16. The second-order valence-electron chi connectivity index (χ2n) is 5.16. The Labute approximate surface area is 98.6 Å². The molecule has 2 aliphatic rings. The van der Waals surface area contributed by atoms with Crippen molar-refractivity contribution in [3.05, 3.63) is 11.6 Å². The fourth-order valence-electron chi connectivity index (χ4n) is 2.86. The van der Waals surface area contributed by atoms with E-state index in [4.69, 9.17) is 10.5 Å². The minimum atomic E-state index is 0.448. The number of rotatable bonds is 4. The summed E-state index contributed by atoms with van der Waals surface area (Å²) in [6, 6.07) is 0.448. The molecule has 0 aromatic heterocycles. The van der Waals surface area contributed by atoms with Gasteiger partial charge in [0.05, 0.1) is 6.61 Å². The van der Waals surface area contributed by atoms with Gasteiger partial charge >= 0.3 is 0 Å². The molecule has 2 atom stereocenters. The van der Waals surface area contributed by atoms with E-state index >= 15 is 0 Å². The number of ether oxygens (including phenoxy) is 1. The van der Waals surface area contributed by atoms with Crippen LogP contribution in [0.25, 0.3) is 0 Å². The summed E-state index contributed by atoms with van der Waals surface area (Å²) in [7, 11) is 1.77. The first-order valence-electron chi connectivity index (χ1n) is 6.44. The van der Waals surface area contributed by atoms with E-state index in [0.29, 0.717) is 6.04 Å². The van der Waals surface area contributed by atoms with Gasteiger partial charge < -0.3 is 10.5 Å². The van der Waals surface area contributed by atoms with Gasteiger partial charge in [-0.1, -0.05) is 12.5 Å². The van der Waals surface area contributed by atoms with Gasteiger partial charge in [0.1, 0.15) is 0 Å². The Morgan fingerprint density at radius 2 is 2.38 bits per heavy atom. The van der Waals surface area contributed by atoms with Crippen LogP contribution in [-0.4, -0.2) is 44.3 Å². The van der Waals surface area contributed by atoms with Crippen molar-refractivity contribution in [1.29, 1.82) is 0 Å². The van der Waals surface area contributed by atoms with Crippen LogP contribution < -0.4 is 5.73 Å². The van der Waals surface area contributed by atoms with E-state index in [1.165, 1.54) is 37.9 Å². The smallest absolute Gasteiger partial charge is 0.0673 e. The van der Waals surface area contributed by atoms with E-state index in [0.717, 1.165) is 25.5 Å². The van der Waals surface area contributed by atoms with Crippen LogP contribution in [0.15, 0.2) is 11.6 Å². The maximum Gasteiger partial charge on any atom is 0.0673 e. The number of nitrogens with zero attached hydrogens (tertiary/aromatic N) is 1. The van der Waals surface area contributed by atoms with Gasteiger partial charge in [0.2, 0.25) is 0 Å². The summed E-state index contributed by atoms with van der Waals surface area (Å²) >= 11 is 0. The van der Waals surface area contributed by atoms with Gasteiger partial charge in [0, 0.05) is 32.8 Å². The Kier molecular flexibility index (Phi) is 4.38. The van der Waals surface area contributed by atoms with E-state index in [2.05, 4.69) is 11.0 Å². The second kappa shape index (κ2) is 5.80. The molecule has 3 heteroatoms. The first-order chi connectivity index (χ1) is 7.79. The Bertz CT molecular complexity index is 252. The van der Waals surface area contributed by atoms with Crippen molar-refractivity contribution in [1.82, 2.24) is 4.90 Å². The van der Waals surface area contributed by atoms with Gasteiger partial charge in [-0.05, 0) is 30.8 Å². The van der Waals surface area contributed by atoms with E-state index in [1.807, 2.05) is 0 Å². The minimum absolute atomic E-state index is 0.448. The van der Waals surface area contributed by atoms with Crippen LogP contribution in [-0.2, 0) is 4.74 Å². The zero-order valence-electron chi connectivity index (χ0n) is 10.3. The lowest BCUT2D eigenvalue weighted by atomic mass is 10.0. The zero-order chi connectivity index (χ0) is 11.4. The molecule has 0 saturated heterocycles. The van der Waals surface area contributed by atoms with Crippen molar-refractivity contribution in [3.8, 4) is 0 Å². The molecular weight excluding hydrogens is 200 g/mol. The lowest BCUT2D eigenvalue weighted by molar-refractivity contribution is 0.202. The highest BCUT2D eigenvalue weighted by molar-refractivity contribution is 5.07. The zero-order valence-corrected chi connectivity index (χ0v) is 10.3. The maximum absolute atomic E-state index is 6.11. The lowest BCUT2D eigenvalue weighted by Gasteiger charge is -2.29. The van der Waals surface area contributed by atoms with E-state index < -0.39 is 0 Å². The molecule has 92 valence electrons. The quantitative estimate of drug-likeness (QED) is 0.733. The van der Waals surface area contributed by atoms with Gasteiger partial charge in [0.25, 0.3) is 0 Å². The molecule has 0 spiro atoms. The molecular formula is C13H24N2O. The van der Waals surface area contributed by atoms with Crippen LogP contribution in [0.4, 0.5) is 0 Å².